The van der Waals surface area contributed by atoms with Crippen molar-refractivity contribution in [2.45, 2.75) is 6.42 Å². The molecule has 2 rings (SSSR count). The van der Waals surface area contributed by atoms with Gasteiger partial charge in [-0.1, -0.05) is 0 Å². The summed E-state index contributed by atoms with van der Waals surface area (Å²) in [6, 6.07) is 0. The first-order chi connectivity index (χ1) is 7.36. The van der Waals surface area contributed by atoms with Crippen molar-refractivity contribution in [3.8, 4) is 0 Å². The molecule has 1 saturated heterocycles. The number of rotatable bonds is 3. The van der Waals surface area contributed by atoms with Gasteiger partial charge in [0.2, 0.25) is 0 Å². The highest BCUT2D eigenvalue weighted by molar-refractivity contribution is 5.91. The zero-order chi connectivity index (χ0) is 10.5. The Balaban J connectivity index is 1.82. The highest BCUT2D eigenvalue weighted by Gasteiger charge is 2.15. The number of carbonyl (C=O) groups is 1. The SMILES string of the molecule is O=C(NC[C@@H]1CCNC1)c1cnccn1. The molecule has 1 fully saturated rings. The molecule has 1 aliphatic rings. The van der Waals surface area contributed by atoms with Gasteiger partial charge in [0, 0.05) is 18.9 Å². The van der Waals surface area contributed by atoms with Crippen LogP contribution in [0.2, 0.25) is 0 Å². The molecule has 0 aromatic carbocycles. The molecule has 5 nitrogen and oxygen atoms in total. The van der Waals surface area contributed by atoms with E-state index in [0.717, 1.165) is 19.5 Å². The molecule has 0 unspecified atom stereocenters. The van der Waals surface area contributed by atoms with Crippen molar-refractivity contribution >= 4 is 5.91 Å². The monoisotopic (exact) mass is 206 g/mol. The van der Waals surface area contributed by atoms with E-state index in [1.807, 2.05) is 0 Å². The third-order valence-electron chi connectivity index (χ3n) is 2.51. The largest absolute Gasteiger partial charge is 0.350 e. The van der Waals surface area contributed by atoms with Gasteiger partial charge in [0.1, 0.15) is 5.69 Å². The summed E-state index contributed by atoms with van der Waals surface area (Å²) in [7, 11) is 0. The molecule has 1 aliphatic heterocycles. The van der Waals surface area contributed by atoms with Crippen LogP contribution in [0.1, 0.15) is 16.9 Å². The molecular formula is C10H14N4O. The van der Waals surface area contributed by atoms with E-state index in [4.69, 9.17) is 0 Å². The number of amides is 1. The summed E-state index contributed by atoms with van der Waals surface area (Å²) < 4.78 is 0. The second-order valence-electron chi connectivity index (χ2n) is 3.66. The van der Waals surface area contributed by atoms with Gasteiger partial charge in [-0.3, -0.25) is 9.78 Å². The second-order valence-corrected chi connectivity index (χ2v) is 3.66. The Hall–Kier alpha value is -1.49. The Kier molecular flexibility index (Phi) is 3.24. The Morgan fingerprint density at radius 3 is 3.20 bits per heavy atom. The summed E-state index contributed by atoms with van der Waals surface area (Å²) in [5, 5.41) is 6.12. The van der Waals surface area contributed by atoms with Crippen molar-refractivity contribution in [1.29, 1.82) is 0 Å². The molecule has 0 spiro atoms. The van der Waals surface area contributed by atoms with Gasteiger partial charge < -0.3 is 10.6 Å². The van der Waals surface area contributed by atoms with Crippen LogP contribution in [0.15, 0.2) is 18.6 Å². The maximum absolute atomic E-state index is 11.6. The van der Waals surface area contributed by atoms with E-state index in [9.17, 15) is 4.79 Å². The molecule has 1 aromatic rings. The zero-order valence-corrected chi connectivity index (χ0v) is 8.44. The van der Waals surface area contributed by atoms with Crippen molar-refractivity contribution in [3.05, 3.63) is 24.3 Å². The Morgan fingerprint density at radius 1 is 1.60 bits per heavy atom. The van der Waals surface area contributed by atoms with E-state index >= 15 is 0 Å². The summed E-state index contributed by atoms with van der Waals surface area (Å²) in [6.45, 7) is 2.74. The Bertz CT molecular complexity index is 321. The van der Waals surface area contributed by atoms with E-state index in [0.29, 0.717) is 18.2 Å². The molecule has 15 heavy (non-hydrogen) atoms. The van der Waals surface area contributed by atoms with Crippen LogP contribution in [0.4, 0.5) is 0 Å². The predicted octanol–water partition coefficient (Wildman–Crippen LogP) is -0.184. The topological polar surface area (TPSA) is 66.9 Å². The zero-order valence-electron chi connectivity index (χ0n) is 8.44. The van der Waals surface area contributed by atoms with Gasteiger partial charge in [0.05, 0.1) is 6.20 Å². The first kappa shape index (κ1) is 10.0. The highest BCUT2D eigenvalue weighted by atomic mass is 16.1. The van der Waals surface area contributed by atoms with Gasteiger partial charge in [-0.15, -0.1) is 0 Å². The molecule has 1 amide bonds. The maximum atomic E-state index is 11.6. The van der Waals surface area contributed by atoms with Gasteiger partial charge >= 0.3 is 0 Å². The van der Waals surface area contributed by atoms with Crippen LogP contribution in [0.5, 0.6) is 0 Å². The summed E-state index contributed by atoms with van der Waals surface area (Å²) in [6.07, 6.45) is 5.67. The van der Waals surface area contributed by atoms with E-state index < -0.39 is 0 Å². The fourth-order valence-electron chi connectivity index (χ4n) is 1.63. The second kappa shape index (κ2) is 4.84. The van der Waals surface area contributed by atoms with Crippen molar-refractivity contribution in [3.63, 3.8) is 0 Å². The summed E-state index contributed by atoms with van der Waals surface area (Å²) in [5.41, 5.74) is 0.378. The van der Waals surface area contributed by atoms with Crippen LogP contribution >= 0.6 is 0 Å². The lowest BCUT2D eigenvalue weighted by Crippen LogP contribution is -2.30. The average molecular weight is 206 g/mol. The molecular weight excluding hydrogens is 192 g/mol. The van der Waals surface area contributed by atoms with E-state index in [1.54, 1.807) is 6.20 Å². The predicted molar refractivity (Wildman–Crippen MR) is 55.3 cm³/mol. The number of hydrogen-bond donors (Lipinski definition) is 2. The molecule has 2 N–H and O–H groups in total. The van der Waals surface area contributed by atoms with Gasteiger partial charge in [-0.25, -0.2) is 4.98 Å². The molecule has 1 atom stereocenters. The molecule has 80 valence electrons. The summed E-state index contributed by atoms with van der Waals surface area (Å²) >= 11 is 0. The molecule has 0 radical (unpaired) electrons. The minimum absolute atomic E-state index is 0.144. The third kappa shape index (κ3) is 2.73. The van der Waals surface area contributed by atoms with Crippen molar-refractivity contribution in [1.82, 2.24) is 20.6 Å². The van der Waals surface area contributed by atoms with E-state index in [-0.39, 0.29) is 5.91 Å². The third-order valence-corrected chi connectivity index (χ3v) is 2.51. The fraction of sp³-hybridized carbons (Fsp3) is 0.500. The molecule has 1 aromatic heterocycles. The fourth-order valence-corrected chi connectivity index (χ4v) is 1.63. The van der Waals surface area contributed by atoms with Crippen LogP contribution in [0.25, 0.3) is 0 Å². The normalized spacial score (nSPS) is 20.1. The van der Waals surface area contributed by atoms with Crippen LogP contribution in [-0.2, 0) is 0 Å². The van der Waals surface area contributed by atoms with Gasteiger partial charge in [-0.05, 0) is 25.4 Å². The van der Waals surface area contributed by atoms with Gasteiger partial charge in [0.25, 0.3) is 5.91 Å². The Labute approximate surface area is 88.3 Å². The quantitative estimate of drug-likeness (QED) is 0.719. The van der Waals surface area contributed by atoms with Crippen LogP contribution in [0, 0.1) is 5.92 Å². The highest BCUT2D eigenvalue weighted by Crippen LogP contribution is 2.05. The minimum atomic E-state index is -0.144. The number of carbonyl (C=O) groups excluding carboxylic acids is 1. The lowest BCUT2D eigenvalue weighted by molar-refractivity contribution is 0.0943. The lowest BCUT2D eigenvalue weighted by atomic mass is 10.1. The average Bonchev–Trinajstić information content (AvgIpc) is 2.80. The molecule has 2 heterocycles. The van der Waals surface area contributed by atoms with Gasteiger partial charge in [-0.2, -0.15) is 0 Å². The first-order valence-electron chi connectivity index (χ1n) is 5.11. The van der Waals surface area contributed by atoms with Crippen molar-refractivity contribution in [2.24, 2.45) is 5.92 Å². The smallest absolute Gasteiger partial charge is 0.271 e. The number of hydrogen-bond acceptors (Lipinski definition) is 4. The maximum Gasteiger partial charge on any atom is 0.271 e. The van der Waals surface area contributed by atoms with Crippen LogP contribution in [-0.4, -0.2) is 35.5 Å². The molecule has 0 bridgehead atoms. The molecule has 0 aliphatic carbocycles. The van der Waals surface area contributed by atoms with Crippen LogP contribution in [0.3, 0.4) is 0 Å². The lowest BCUT2D eigenvalue weighted by Gasteiger charge is -2.09. The van der Waals surface area contributed by atoms with Crippen molar-refractivity contribution in [2.75, 3.05) is 19.6 Å². The first-order valence-corrected chi connectivity index (χ1v) is 5.11. The number of nitrogens with zero attached hydrogens (tertiary/aromatic N) is 2. The number of nitrogens with one attached hydrogen (secondary N) is 2. The van der Waals surface area contributed by atoms with Crippen molar-refractivity contribution < 1.29 is 4.79 Å². The Morgan fingerprint density at radius 2 is 2.53 bits per heavy atom. The van der Waals surface area contributed by atoms with Crippen LogP contribution < -0.4 is 10.6 Å². The van der Waals surface area contributed by atoms with Gasteiger partial charge in [0.15, 0.2) is 0 Å². The minimum Gasteiger partial charge on any atom is -0.350 e. The standard InChI is InChI=1S/C10H14N4O/c15-10(9-7-12-3-4-13-9)14-6-8-1-2-11-5-8/h3-4,7-8,11H,1-2,5-6H2,(H,14,15)/t8-/m1/s1. The molecule has 5 heteroatoms. The molecule has 0 saturated carbocycles. The van der Waals surface area contributed by atoms with E-state index in [1.165, 1.54) is 12.4 Å². The number of aromatic nitrogens is 2. The summed E-state index contributed by atoms with van der Waals surface area (Å²) in [5.74, 6) is 0.403. The van der Waals surface area contributed by atoms with E-state index in [2.05, 4.69) is 20.6 Å². The summed E-state index contributed by atoms with van der Waals surface area (Å²) in [4.78, 5) is 19.4.